The minimum Gasteiger partial charge on any atom is -0.365 e. The van der Waals surface area contributed by atoms with E-state index in [1.165, 1.54) is 0 Å². The van der Waals surface area contributed by atoms with Gasteiger partial charge in [0, 0.05) is 29.4 Å². The normalized spacial score (nSPS) is 10.2. The molecule has 2 aromatic carbocycles. The molecule has 1 aromatic heterocycles. The maximum Gasteiger partial charge on any atom is 0.323 e. The van der Waals surface area contributed by atoms with Gasteiger partial charge in [-0.3, -0.25) is 0 Å². The Morgan fingerprint density at radius 1 is 1.04 bits per heavy atom. The van der Waals surface area contributed by atoms with Crippen molar-refractivity contribution in [2.45, 2.75) is 6.92 Å². The standard InChI is InChI=1S/C18H18N4OS/c1-12-5-3-7-14(9-12)20-17(23)21-15-8-4-6-13(10-15)16-11-24-18(19-2)22-16/h3-11H,1-2H3,(H,19,22)(H2,20,21,23). The van der Waals surface area contributed by atoms with Crippen molar-refractivity contribution in [3.63, 3.8) is 0 Å². The Kier molecular flexibility index (Phi) is 4.77. The van der Waals surface area contributed by atoms with Gasteiger partial charge in [-0.2, -0.15) is 0 Å². The Morgan fingerprint density at radius 3 is 2.42 bits per heavy atom. The summed E-state index contributed by atoms with van der Waals surface area (Å²) in [5.74, 6) is 0. The summed E-state index contributed by atoms with van der Waals surface area (Å²) in [6, 6.07) is 15.0. The van der Waals surface area contributed by atoms with Gasteiger partial charge in [-0.1, -0.05) is 24.3 Å². The minimum absolute atomic E-state index is 0.271. The molecule has 0 spiro atoms. The molecule has 0 saturated carbocycles. The van der Waals surface area contributed by atoms with Crippen LogP contribution < -0.4 is 16.0 Å². The number of rotatable bonds is 4. The van der Waals surface area contributed by atoms with Gasteiger partial charge in [-0.05, 0) is 36.8 Å². The van der Waals surface area contributed by atoms with Crippen LogP contribution in [-0.4, -0.2) is 18.1 Å². The van der Waals surface area contributed by atoms with E-state index < -0.39 is 0 Å². The molecular formula is C18H18N4OS. The van der Waals surface area contributed by atoms with Gasteiger partial charge in [0.25, 0.3) is 0 Å². The smallest absolute Gasteiger partial charge is 0.323 e. The second-order valence-electron chi connectivity index (χ2n) is 5.32. The van der Waals surface area contributed by atoms with Gasteiger partial charge in [0.05, 0.1) is 5.69 Å². The number of hydrogen-bond acceptors (Lipinski definition) is 4. The van der Waals surface area contributed by atoms with Crippen LogP contribution in [0.15, 0.2) is 53.9 Å². The first-order valence-corrected chi connectivity index (χ1v) is 8.40. The average molecular weight is 338 g/mol. The van der Waals surface area contributed by atoms with Crippen molar-refractivity contribution in [2.24, 2.45) is 0 Å². The fourth-order valence-corrected chi connectivity index (χ4v) is 2.97. The summed E-state index contributed by atoms with van der Waals surface area (Å²) in [5, 5.41) is 11.5. The molecule has 0 aliphatic heterocycles. The monoisotopic (exact) mass is 338 g/mol. The lowest BCUT2D eigenvalue weighted by Gasteiger charge is -2.09. The summed E-state index contributed by atoms with van der Waals surface area (Å²) >= 11 is 1.55. The van der Waals surface area contributed by atoms with Gasteiger partial charge in [0.1, 0.15) is 0 Å². The predicted octanol–water partition coefficient (Wildman–Crippen LogP) is 4.80. The molecule has 0 saturated heterocycles. The molecule has 3 aromatic rings. The zero-order valence-corrected chi connectivity index (χ0v) is 14.3. The first-order valence-electron chi connectivity index (χ1n) is 7.52. The largest absolute Gasteiger partial charge is 0.365 e. The molecule has 3 rings (SSSR count). The molecule has 0 unspecified atom stereocenters. The van der Waals surface area contributed by atoms with Crippen LogP contribution in [0.5, 0.6) is 0 Å². The number of thiazole rings is 1. The zero-order chi connectivity index (χ0) is 16.9. The number of nitrogens with zero attached hydrogens (tertiary/aromatic N) is 1. The summed E-state index contributed by atoms with van der Waals surface area (Å²) in [5.41, 5.74) is 4.42. The Bertz CT molecular complexity index is 859. The lowest BCUT2D eigenvalue weighted by molar-refractivity contribution is 0.262. The van der Waals surface area contributed by atoms with E-state index in [2.05, 4.69) is 20.9 Å². The molecule has 0 radical (unpaired) electrons. The summed E-state index contributed by atoms with van der Waals surface area (Å²) in [4.78, 5) is 16.6. The Morgan fingerprint density at radius 2 is 1.75 bits per heavy atom. The maximum atomic E-state index is 12.1. The fourth-order valence-electron chi connectivity index (χ4n) is 2.29. The van der Waals surface area contributed by atoms with Crippen LogP contribution in [0.1, 0.15) is 5.56 Å². The molecule has 122 valence electrons. The molecule has 0 aliphatic carbocycles. The van der Waals surface area contributed by atoms with E-state index in [9.17, 15) is 4.79 Å². The molecule has 1 heterocycles. The highest BCUT2D eigenvalue weighted by atomic mass is 32.1. The second-order valence-corrected chi connectivity index (χ2v) is 6.18. The number of carbonyl (C=O) groups is 1. The van der Waals surface area contributed by atoms with Gasteiger partial charge >= 0.3 is 6.03 Å². The topological polar surface area (TPSA) is 66.0 Å². The van der Waals surface area contributed by atoms with E-state index in [4.69, 9.17) is 0 Å². The van der Waals surface area contributed by atoms with Crippen molar-refractivity contribution in [1.29, 1.82) is 0 Å². The minimum atomic E-state index is -0.271. The third kappa shape index (κ3) is 3.91. The first-order chi connectivity index (χ1) is 11.6. The number of amides is 2. The zero-order valence-electron chi connectivity index (χ0n) is 13.5. The van der Waals surface area contributed by atoms with E-state index in [1.54, 1.807) is 11.3 Å². The van der Waals surface area contributed by atoms with Crippen molar-refractivity contribution in [3.05, 3.63) is 59.5 Å². The fraction of sp³-hybridized carbons (Fsp3) is 0.111. The Labute approximate surface area is 144 Å². The molecule has 2 amide bonds. The van der Waals surface area contributed by atoms with Crippen LogP contribution in [0.2, 0.25) is 0 Å². The maximum absolute atomic E-state index is 12.1. The number of aromatic nitrogens is 1. The summed E-state index contributed by atoms with van der Waals surface area (Å²) in [7, 11) is 1.84. The Balaban J connectivity index is 1.71. The van der Waals surface area contributed by atoms with Crippen LogP contribution in [0.4, 0.5) is 21.3 Å². The van der Waals surface area contributed by atoms with Gasteiger partial charge in [0.2, 0.25) is 0 Å². The van der Waals surface area contributed by atoms with Gasteiger partial charge in [-0.15, -0.1) is 11.3 Å². The second kappa shape index (κ2) is 7.14. The van der Waals surface area contributed by atoms with E-state index in [-0.39, 0.29) is 6.03 Å². The lowest BCUT2D eigenvalue weighted by Crippen LogP contribution is -2.19. The van der Waals surface area contributed by atoms with Gasteiger partial charge in [-0.25, -0.2) is 9.78 Å². The molecule has 0 fully saturated rings. The van der Waals surface area contributed by atoms with E-state index in [0.717, 1.165) is 33.3 Å². The van der Waals surface area contributed by atoms with Crippen LogP contribution in [-0.2, 0) is 0 Å². The van der Waals surface area contributed by atoms with Crippen LogP contribution >= 0.6 is 11.3 Å². The quantitative estimate of drug-likeness (QED) is 0.640. The van der Waals surface area contributed by atoms with E-state index in [0.29, 0.717) is 0 Å². The van der Waals surface area contributed by atoms with Crippen molar-refractivity contribution in [1.82, 2.24) is 4.98 Å². The Hall–Kier alpha value is -2.86. The van der Waals surface area contributed by atoms with Gasteiger partial charge < -0.3 is 16.0 Å². The molecule has 0 bridgehead atoms. The molecular weight excluding hydrogens is 320 g/mol. The SMILES string of the molecule is CNc1nc(-c2cccc(NC(=O)Nc3cccc(C)c3)c2)cs1. The number of nitrogens with one attached hydrogen (secondary N) is 3. The van der Waals surface area contributed by atoms with Crippen LogP contribution in [0, 0.1) is 6.92 Å². The van der Waals surface area contributed by atoms with Crippen LogP contribution in [0.3, 0.4) is 0 Å². The highest BCUT2D eigenvalue weighted by molar-refractivity contribution is 7.14. The summed E-state index contributed by atoms with van der Waals surface area (Å²) in [6.07, 6.45) is 0. The molecule has 6 heteroatoms. The van der Waals surface area contributed by atoms with E-state index in [1.807, 2.05) is 67.9 Å². The average Bonchev–Trinajstić information content (AvgIpc) is 3.04. The molecule has 24 heavy (non-hydrogen) atoms. The van der Waals surface area contributed by atoms with Gasteiger partial charge in [0.15, 0.2) is 5.13 Å². The van der Waals surface area contributed by atoms with Crippen LogP contribution in [0.25, 0.3) is 11.3 Å². The first kappa shape index (κ1) is 16.0. The number of benzene rings is 2. The van der Waals surface area contributed by atoms with Crippen molar-refractivity contribution in [2.75, 3.05) is 23.0 Å². The molecule has 5 nitrogen and oxygen atoms in total. The number of carbonyl (C=O) groups excluding carboxylic acids is 1. The van der Waals surface area contributed by atoms with E-state index >= 15 is 0 Å². The molecule has 0 aliphatic rings. The molecule has 3 N–H and O–H groups in total. The lowest BCUT2D eigenvalue weighted by atomic mass is 10.1. The number of hydrogen-bond donors (Lipinski definition) is 3. The predicted molar refractivity (Wildman–Crippen MR) is 101 cm³/mol. The van der Waals surface area contributed by atoms with Crippen molar-refractivity contribution in [3.8, 4) is 11.3 Å². The molecule has 0 atom stereocenters. The highest BCUT2D eigenvalue weighted by Gasteiger charge is 2.07. The highest BCUT2D eigenvalue weighted by Crippen LogP contribution is 2.26. The van der Waals surface area contributed by atoms with Crippen molar-refractivity contribution < 1.29 is 4.79 Å². The third-order valence-electron chi connectivity index (χ3n) is 3.41. The number of anilines is 3. The summed E-state index contributed by atoms with van der Waals surface area (Å²) in [6.45, 7) is 1.99. The number of urea groups is 1. The summed E-state index contributed by atoms with van der Waals surface area (Å²) < 4.78 is 0. The number of aryl methyl sites for hydroxylation is 1. The third-order valence-corrected chi connectivity index (χ3v) is 4.27. The van der Waals surface area contributed by atoms with Crippen molar-refractivity contribution >= 4 is 33.9 Å².